The van der Waals surface area contributed by atoms with Crippen LogP contribution in [0.25, 0.3) is 0 Å². The summed E-state index contributed by atoms with van der Waals surface area (Å²) >= 11 is 0. The summed E-state index contributed by atoms with van der Waals surface area (Å²) in [4.78, 5) is 0. The molecule has 0 atom stereocenters. The summed E-state index contributed by atoms with van der Waals surface area (Å²) in [7, 11) is 0. The maximum Gasteiger partial charge on any atom is 0.0543 e. The molecule has 1 aromatic rings. The van der Waals surface area contributed by atoms with Gasteiger partial charge in [0.25, 0.3) is 0 Å². The molecule has 1 N–H and O–H groups in total. The molecule has 0 radical (unpaired) electrons. The standard InChI is InChI=1S/C11H15NO/c1-9-5-3-4-6-11(9)8-7-10(2)12-13/h3-6,13H,7-8H2,1-2H3. The van der Waals surface area contributed by atoms with Crippen molar-refractivity contribution in [2.75, 3.05) is 0 Å². The van der Waals surface area contributed by atoms with Gasteiger partial charge in [-0.05, 0) is 37.8 Å². The minimum Gasteiger partial charge on any atom is -0.411 e. The predicted molar refractivity (Wildman–Crippen MR) is 54.4 cm³/mol. The topological polar surface area (TPSA) is 32.6 Å². The molecular weight excluding hydrogens is 162 g/mol. The van der Waals surface area contributed by atoms with E-state index in [1.807, 2.05) is 19.1 Å². The van der Waals surface area contributed by atoms with Crippen LogP contribution in [0.3, 0.4) is 0 Å². The SMILES string of the molecule is CC(CCc1ccccc1C)=NO. The molecule has 0 unspecified atom stereocenters. The van der Waals surface area contributed by atoms with Gasteiger partial charge in [0.2, 0.25) is 0 Å². The van der Waals surface area contributed by atoms with Gasteiger partial charge in [0.1, 0.15) is 0 Å². The zero-order chi connectivity index (χ0) is 9.68. The first kappa shape index (κ1) is 9.78. The van der Waals surface area contributed by atoms with E-state index in [1.54, 1.807) is 0 Å². The Morgan fingerprint density at radius 2 is 2.08 bits per heavy atom. The third-order valence-electron chi connectivity index (χ3n) is 2.19. The van der Waals surface area contributed by atoms with Crippen molar-refractivity contribution in [3.05, 3.63) is 35.4 Å². The van der Waals surface area contributed by atoms with Gasteiger partial charge in [-0.3, -0.25) is 0 Å². The van der Waals surface area contributed by atoms with Gasteiger partial charge in [0.05, 0.1) is 5.71 Å². The molecule has 0 saturated heterocycles. The molecule has 70 valence electrons. The maximum atomic E-state index is 8.47. The zero-order valence-corrected chi connectivity index (χ0v) is 8.12. The number of hydrogen-bond donors (Lipinski definition) is 1. The van der Waals surface area contributed by atoms with Crippen molar-refractivity contribution in [1.29, 1.82) is 0 Å². The minimum absolute atomic E-state index is 0.781. The van der Waals surface area contributed by atoms with Crippen molar-refractivity contribution >= 4 is 5.71 Å². The van der Waals surface area contributed by atoms with Crippen LogP contribution >= 0.6 is 0 Å². The second-order valence-electron chi connectivity index (χ2n) is 3.26. The fourth-order valence-electron chi connectivity index (χ4n) is 1.26. The van der Waals surface area contributed by atoms with Crippen molar-refractivity contribution in [1.82, 2.24) is 0 Å². The van der Waals surface area contributed by atoms with E-state index in [1.165, 1.54) is 11.1 Å². The second kappa shape index (κ2) is 4.65. The average molecular weight is 177 g/mol. The number of benzene rings is 1. The average Bonchev–Trinajstić information content (AvgIpc) is 2.16. The van der Waals surface area contributed by atoms with Crippen molar-refractivity contribution in [3.8, 4) is 0 Å². The van der Waals surface area contributed by atoms with Crippen LogP contribution < -0.4 is 0 Å². The summed E-state index contributed by atoms with van der Waals surface area (Å²) in [6.45, 7) is 3.93. The molecule has 13 heavy (non-hydrogen) atoms. The molecule has 0 fully saturated rings. The Kier molecular flexibility index (Phi) is 3.50. The predicted octanol–water partition coefficient (Wildman–Crippen LogP) is 2.78. The Morgan fingerprint density at radius 3 is 2.69 bits per heavy atom. The van der Waals surface area contributed by atoms with Gasteiger partial charge in [-0.25, -0.2) is 0 Å². The smallest absolute Gasteiger partial charge is 0.0543 e. The van der Waals surface area contributed by atoms with Crippen LogP contribution in [0.15, 0.2) is 29.4 Å². The molecule has 2 heteroatoms. The van der Waals surface area contributed by atoms with E-state index in [0.717, 1.165) is 18.6 Å². The van der Waals surface area contributed by atoms with E-state index >= 15 is 0 Å². The third kappa shape index (κ3) is 2.90. The van der Waals surface area contributed by atoms with Gasteiger partial charge in [0.15, 0.2) is 0 Å². The van der Waals surface area contributed by atoms with Crippen LogP contribution in [-0.4, -0.2) is 10.9 Å². The molecule has 0 spiro atoms. The van der Waals surface area contributed by atoms with Crippen LogP contribution in [0.4, 0.5) is 0 Å². The lowest BCUT2D eigenvalue weighted by Crippen LogP contribution is -1.96. The number of aryl methyl sites for hydroxylation is 2. The first-order chi connectivity index (χ1) is 6.24. The highest BCUT2D eigenvalue weighted by molar-refractivity contribution is 5.81. The number of rotatable bonds is 3. The van der Waals surface area contributed by atoms with Crippen molar-refractivity contribution < 1.29 is 5.21 Å². The number of hydrogen-bond acceptors (Lipinski definition) is 2. The molecular formula is C11H15NO. The largest absolute Gasteiger partial charge is 0.411 e. The summed E-state index contributed by atoms with van der Waals surface area (Å²) in [6, 6.07) is 8.28. The molecule has 0 aliphatic carbocycles. The molecule has 1 rings (SSSR count). The Labute approximate surface area is 78.9 Å². The van der Waals surface area contributed by atoms with Crippen molar-refractivity contribution in [3.63, 3.8) is 0 Å². The van der Waals surface area contributed by atoms with Crippen LogP contribution in [0, 0.1) is 6.92 Å². The lowest BCUT2D eigenvalue weighted by Gasteiger charge is -2.03. The van der Waals surface area contributed by atoms with E-state index in [9.17, 15) is 0 Å². The summed E-state index contributed by atoms with van der Waals surface area (Å²) in [5, 5.41) is 11.6. The fraction of sp³-hybridized carbons (Fsp3) is 0.364. The lowest BCUT2D eigenvalue weighted by atomic mass is 10.0. The monoisotopic (exact) mass is 177 g/mol. The van der Waals surface area contributed by atoms with Crippen LogP contribution in [0.5, 0.6) is 0 Å². The summed E-state index contributed by atoms with van der Waals surface area (Å²) in [5.41, 5.74) is 3.40. The first-order valence-electron chi connectivity index (χ1n) is 4.46. The Morgan fingerprint density at radius 1 is 1.38 bits per heavy atom. The Hall–Kier alpha value is -1.31. The number of oxime groups is 1. The summed E-state index contributed by atoms with van der Waals surface area (Å²) in [6.07, 6.45) is 1.77. The minimum atomic E-state index is 0.781. The van der Waals surface area contributed by atoms with E-state index < -0.39 is 0 Å². The Bertz CT molecular complexity index is 305. The van der Waals surface area contributed by atoms with E-state index in [-0.39, 0.29) is 0 Å². The molecule has 0 aromatic heterocycles. The molecule has 2 nitrogen and oxygen atoms in total. The third-order valence-corrected chi connectivity index (χ3v) is 2.19. The molecule has 1 aromatic carbocycles. The van der Waals surface area contributed by atoms with E-state index in [2.05, 4.69) is 24.2 Å². The molecule has 0 saturated carbocycles. The van der Waals surface area contributed by atoms with Crippen molar-refractivity contribution in [2.24, 2.45) is 5.16 Å². The fourth-order valence-corrected chi connectivity index (χ4v) is 1.26. The lowest BCUT2D eigenvalue weighted by molar-refractivity contribution is 0.317. The highest BCUT2D eigenvalue weighted by atomic mass is 16.4. The first-order valence-corrected chi connectivity index (χ1v) is 4.46. The van der Waals surface area contributed by atoms with Gasteiger partial charge in [-0.2, -0.15) is 0 Å². The van der Waals surface area contributed by atoms with Gasteiger partial charge in [-0.15, -0.1) is 0 Å². The molecule has 0 bridgehead atoms. The quantitative estimate of drug-likeness (QED) is 0.430. The zero-order valence-electron chi connectivity index (χ0n) is 8.12. The van der Waals surface area contributed by atoms with Gasteiger partial charge < -0.3 is 5.21 Å². The van der Waals surface area contributed by atoms with E-state index in [0.29, 0.717) is 0 Å². The van der Waals surface area contributed by atoms with Crippen LogP contribution in [0.1, 0.15) is 24.5 Å². The summed E-state index contributed by atoms with van der Waals surface area (Å²) in [5.74, 6) is 0. The molecule has 0 aliphatic rings. The molecule has 0 aliphatic heterocycles. The summed E-state index contributed by atoms with van der Waals surface area (Å²) < 4.78 is 0. The van der Waals surface area contributed by atoms with Gasteiger partial charge in [0, 0.05) is 0 Å². The van der Waals surface area contributed by atoms with Crippen LogP contribution in [0.2, 0.25) is 0 Å². The molecule has 0 heterocycles. The van der Waals surface area contributed by atoms with Crippen molar-refractivity contribution in [2.45, 2.75) is 26.7 Å². The maximum absolute atomic E-state index is 8.47. The number of nitrogens with zero attached hydrogens (tertiary/aromatic N) is 1. The highest BCUT2D eigenvalue weighted by Crippen LogP contribution is 2.09. The Balaban J connectivity index is 2.60. The molecule has 0 amide bonds. The second-order valence-corrected chi connectivity index (χ2v) is 3.26. The normalized spacial score (nSPS) is 11.7. The van der Waals surface area contributed by atoms with Gasteiger partial charge in [-0.1, -0.05) is 29.4 Å². The highest BCUT2D eigenvalue weighted by Gasteiger charge is 1.98. The van der Waals surface area contributed by atoms with Crippen LogP contribution in [-0.2, 0) is 6.42 Å². The van der Waals surface area contributed by atoms with Gasteiger partial charge >= 0.3 is 0 Å². The van der Waals surface area contributed by atoms with E-state index in [4.69, 9.17) is 5.21 Å².